The summed E-state index contributed by atoms with van der Waals surface area (Å²) in [6.45, 7) is 8.02. The van der Waals surface area contributed by atoms with Gasteiger partial charge >= 0.3 is 0 Å². The van der Waals surface area contributed by atoms with E-state index in [9.17, 15) is 0 Å². The smallest absolute Gasteiger partial charge is 0.157 e. The third kappa shape index (κ3) is 3.12. The van der Waals surface area contributed by atoms with Crippen molar-refractivity contribution in [1.29, 1.82) is 0 Å². The lowest BCUT2D eigenvalue weighted by atomic mass is 10.1. The van der Waals surface area contributed by atoms with Gasteiger partial charge in [0, 0.05) is 23.3 Å². The molecule has 0 fully saturated rings. The van der Waals surface area contributed by atoms with Gasteiger partial charge in [-0.15, -0.1) is 0 Å². The second-order valence-electron chi connectivity index (χ2n) is 6.73. The van der Waals surface area contributed by atoms with Crippen LogP contribution in [0.1, 0.15) is 22.7 Å². The molecule has 5 nitrogen and oxygen atoms in total. The van der Waals surface area contributed by atoms with Crippen LogP contribution in [0.3, 0.4) is 0 Å². The molecule has 27 heavy (non-hydrogen) atoms. The minimum Gasteiger partial charge on any atom is -0.359 e. The maximum Gasteiger partial charge on any atom is 0.157 e. The zero-order valence-electron chi connectivity index (χ0n) is 16.0. The van der Waals surface area contributed by atoms with Gasteiger partial charge in [-0.3, -0.25) is 0 Å². The van der Waals surface area contributed by atoms with Crippen molar-refractivity contribution in [1.82, 2.24) is 14.7 Å². The Morgan fingerprint density at radius 1 is 0.926 bits per heavy atom. The molecule has 0 amide bonds. The molecule has 5 heteroatoms. The molecule has 0 aliphatic carbocycles. The largest absolute Gasteiger partial charge is 0.359 e. The molecule has 0 aliphatic heterocycles. The first-order valence-corrected chi connectivity index (χ1v) is 8.94. The fourth-order valence-corrected chi connectivity index (χ4v) is 3.34. The Morgan fingerprint density at radius 3 is 2.26 bits per heavy atom. The van der Waals surface area contributed by atoms with Gasteiger partial charge in [0.15, 0.2) is 5.76 Å². The fraction of sp³-hybridized carbons (Fsp3) is 0.182. The van der Waals surface area contributed by atoms with Gasteiger partial charge in [-0.2, -0.15) is 0 Å². The molecule has 2 heterocycles. The molecule has 0 aliphatic rings. The molecular formula is C22H22N4O. The van der Waals surface area contributed by atoms with Crippen LogP contribution in [0.25, 0.3) is 5.69 Å². The summed E-state index contributed by atoms with van der Waals surface area (Å²) in [6.07, 6.45) is 3.85. The summed E-state index contributed by atoms with van der Waals surface area (Å²) in [7, 11) is 0. The Labute approximate surface area is 158 Å². The molecule has 136 valence electrons. The first-order valence-electron chi connectivity index (χ1n) is 8.94. The molecule has 2 aromatic carbocycles. The first kappa shape index (κ1) is 17.1. The van der Waals surface area contributed by atoms with E-state index >= 15 is 0 Å². The maximum absolute atomic E-state index is 5.45. The summed E-state index contributed by atoms with van der Waals surface area (Å²) >= 11 is 0. The van der Waals surface area contributed by atoms with E-state index in [1.807, 2.05) is 37.9 Å². The van der Waals surface area contributed by atoms with E-state index in [-0.39, 0.29) is 0 Å². The molecule has 4 aromatic rings. The van der Waals surface area contributed by atoms with Crippen molar-refractivity contribution < 1.29 is 4.52 Å². The maximum atomic E-state index is 5.45. The van der Waals surface area contributed by atoms with Crippen molar-refractivity contribution in [3.8, 4) is 5.69 Å². The number of hydrogen-bond donors (Lipinski definition) is 0. The average Bonchev–Trinajstić information content (AvgIpc) is 3.24. The number of para-hydroxylation sites is 1. The van der Waals surface area contributed by atoms with Gasteiger partial charge in [-0.25, -0.2) is 4.98 Å². The SMILES string of the molecule is Cc1cn(-c2ccc(N(c3ccccc3C)c3c(C)noc3C)cc2)cn1. The van der Waals surface area contributed by atoms with Crippen molar-refractivity contribution in [3.63, 3.8) is 0 Å². The molecular weight excluding hydrogens is 336 g/mol. The highest BCUT2D eigenvalue weighted by Crippen LogP contribution is 2.39. The average molecular weight is 358 g/mol. The topological polar surface area (TPSA) is 47.1 Å². The van der Waals surface area contributed by atoms with Crippen LogP contribution in [0, 0.1) is 27.7 Å². The Bertz CT molecular complexity index is 1060. The van der Waals surface area contributed by atoms with E-state index in [0.29, 0.717) is 0 Å². The van der Waals surface area contributed by atoms with Crippen molar-refractivity contribution in [2.24, 2.45) is 0 Å². The van der Waals surface area contributed by atoms with Crippen molar-refractivity contribution >= 4 is 17.1 Å². The minimum atomic E-state index is 0.796. The van der Waals surface area contributed by atoms with E-state index in [1.165, 1.54) is 5.56 Å². The predicted molar refractivity (Wildman–Crippen MR) is 107 cm³/mol. The van der Waals surface area contributed by atoms with Crippen molar-refractivity contribution in [3.05, 3.63) is 83.8 Å². The fourth-order valence-electron chi connectivity index (χ4n) is 3.34. The van der Waals surface area contributed by atoms with E-state index in [2.05, 4.69) is 70.5 Å². The monoisotopic (exact) mass is 358 g/mol. The van der Waals surface area contributed by atoms with Gasteiger partial charge in [-0.05, 0) is 63.6 Å². The Morgan fingerprint density at radius 2 is 1.67 bits per heavy atom. The van der Waals surface area contributed by atoms with E-state index in [4.69, 9.17) is 4.52 Å². The molecule has 0 N–H and O–H groups in total. The van der Waals surface area contributed by atoms with Crippen LogP contribution in [0.5, 0.6) is 0 Å². The van der Waals surface area contributed by atoms with Crippen molar-refractivity contribution in [2.75, 3.05) is 4.90 Å². The number of anilines is 3. The van der Waals surface area contributed by atoms with Gasteiger partial charge in [0.1, 0.15) is 11.4 Å². The molecule has 0 bridgehead atoms. The lowest BCUT2D eigenvalue weighted by molar-refractivity contribution is 0.393. The number of nitrogens with zero attached hydrogens (tertiary/aromatic N) is 4. The lowest BCUT2D eigenvalue weighted by Crippen LogP contribution is -2.13. The first-order chi connectivity index (χ1) is 13.0. The zero-order chi connectivity index (χ0) is 19.0. The van der Waals surface area contributed by atoms with Crippen LogP contribution in [-0.4, -0.2) is 14.7 Å². The van der Waals surface area contributed by atoms with Gasteiger partial charge in [0.05, 0.1) is 12.0 Å². The zero-order valence-corrected chi connectivity index (χ0v) is 16.0. The number of benzene rings is 2. The van der Waals surface area contributed by atoms with Crippen LogP contribution in [0.15, 0.2) is 65.6 Å². The van der Waals surface area contributed by atoms with Gasteiger partial charge in [0.2, 0.25) is 0 Å². The Balaban J connectivity index is 1.83. The number of rotatable bonds is 4. The Hall–Kier alpha value is -3.34. The summed E-state index contributed by atoms with van der Waals surface area (Å²) < 4.78 is 7.47. The molecule has 0 unspecified atom stereocenters. The van der Waals surface area contributed by atoms with E-state index < -0.39 is 0 Å². The standard InChI is InChI=1S/C22H22N4O/c1-15-7-5-6-8-21(15)26(22-17(3)24-27-18(22)4)20-11-9-19(10-12-20)25-13-16(2)23-14-25/h5-14H,1-4H3. The number of aryl methyl sites for hydroxylation is 4. The van der Waals surface area contributed by atoms with Gasteiger partial charge < -0.3 is 14.0 Å². The van der Waals surface area contributed by atoms with Crippen LogP contribution >= 0.6 is 0 Å². The van der Waals surface area contributed by atoms with Crippen LogP contribution in [-0.2, 0) is 0 Å². The Kier molecular flexibility index (Phi) is 4.28. The number of hydrogen-bond acceptors (Lipinski definition) is 4. The highest BCUT2D eigenvalue weighted by molar-refractivity contribution is 5.80. The molecule has 0 radical (unpaired) electrons. The summed E-state index contributed by atoms with van der Waals surface area (Å²) in [5.74, 6) is 0.796. The highest BCUT2D eigenvalue weighted by atomic mass is 16.5. The summed E-state index contributed by atoms with van der Waals surface area (Å²) in [4.78, 5) is 6.51. The lowest BCUT2D eigenvalue weighted by Gasteiger charge is -2.26. The highest BCUT2D eigenvalue weighted by Gasteiger charge is 2.21. The molecule has 0 spiro atoms. The summed E-state index contributed by atoms with van der Waals surface area (Å²) in [5, 5.41) is 4.16. The minimum absolute atomic E-state index is 0.796. The summed E-state index contributed by atoms with van der Waals surface area (Å²) in [6, 6.07) is 16.8. The normalized spacial score (nSPS) is 11.0. The molecule has 0 saturated carbocycles. The van der Waals surface area contributed by atoms with Gasteiger partial charge in [0.25, 0.3) is 0 Å². The van der Waals surface area contributed by atoms with Crippen molar-refractivity contribution in [2.45, 2.75) is 27.7 Å². The van der Waals surface area contributed by atoms with E-state index in [1.54, 1.807) is 0 Å². The van der Waals surface area contributed by atoms with E-state index in [0.717, 1.165) is 39.9 Å². The molecule has 0 atom stereocenters. The number of aromatic nitrogens is 3. The number of imidazole rings is 1. The molecule has 4 rings (SSSR count). The van der Waals surface area contributed by atoms with Crippen LogP contribution in [0.2, 0.25) is 0 Å². The molecule has 0 saturated heterocycles. The van der Waals surface area contributed by atoms with Crippen LogP contribution < -0.4 is 4.90 Å². The van der Waals surface area contributed by atoms with Crippen LogP contribution in [0.4, 0.5) is 17.1 Å². The second kappa shape index (κ2) is 6.76. The second-order valence-corrected chi connectivity index (χ2v) is 6.73. The predicted octanol–water partition coefficient (Wildman–Crippen LogP) is 5.56. The summed E-state index contributed by atoms with van der Waals surface area (Å²) in [5.41, 5.74) is 7.27. The van der Waals surface area contributed by atoms with Gasteiger partial charge in [-0.1, -0.05) is 23.4 Å². The molecule has 2 aromatic heterocycles. The third-order valence-corrected chi connectivity index (χ3v) is 4.69. The quantitative estimate of drug-likeness (QED) is 0.479. The third-order valence-electron chi connectivity index (χ3n) is 4.69.